The van der Waals surface area contributed by atoms with Gasteiger partial charge in [0.1, 0.15) is 5.69 Å². The summed E-state index contributed by atoms with van der Waals surface area (Å²) in [6.45, 7) is 4.04. The number of anilines is 3. The Balaban J connectivity index is 1.62. The molecule has 28 heavy (non-hydrogen) atoms. The summed E-state index contributed by atoms with van der Waals surface area (Å²) in [6, 6.07) is 16.5. The Morgan fingerprint density at radius 2 is 1.68 bits per heavy atom. The van der Waals surface area contributed by atoms with Gasteiger partial charge in [0.25, 0.3) is 5.91 Å². The largest absolute Gasteiger partial charge is 0.350 e. The number of hydrogen-bond acceptors (Lipinski definition) is 5. The molecule has 142 valence electrons. The summed E-state index contributed by atoms with van der Waals surface area (Å²) in [7, 11) is 0. The lowest BCUT2D eigenvalue weighted by molar-refractivity contribution is -0.114. The fraction of sp³-hybridized carbons (Fsp3) is 0.143. The minimum absolute atomic E-state index is 0.150. The van der Waals surface area contributed by atoms with E-state index in [9.17, 15) is 9.59 Å². The number of benzene rings is 2. The Labute approximate surface area is 163 Å². The molecule has 0 aliphatic rings. The molecule has 3 aromatic rings. The van der Waals surface area contributed by atoms with Gasteiger partial charge in [0.15, 0.2) is 0 Å². The lowest BCUT2D eigenvalue weighted by atomic mass is 10.1. The molecule has 0 spiro atoms. The fourth-order valence-corrected chi connectivity index (χ4v) is 2.61. The quantitative estimate of drug-likeness (QED) is 0.612. The van der Waals surface area contributed by atoms with Gasteiger partial charge < -0.3 is 16.0 Å². The summed E-state index contributed by atoms with van der Waals surface area (Å²) in [4.78, 5) is 31.9. The van der Waals surface area contributed by atoms with E-state index in [1.165, 1.54) is 12.5 Å². The Hall–Kier alpha value is -3.74. The molecule has 0 atom stereocenters. The van der Waals surface area contributed by atoms with Crippen molar-refractivity contribution in [2.24, 2.45) is 0 Å². The van der Waals surface area contributed by atoms with Crippen molar-refractivity contribution in [2.45, 2.75) is 20.4 Å². The molecule has 0 aliphatic carbocycles. The minimum atomic E-state index is -0.340. The molecule has 0 bridgehead atoms. The summed E-state index contributed by atoms with van der Waals surface area (Å²) < 4.78 is 0. The Bertz CT molecular complexity index is 986. The van der Waals surface area contributed by atoms with Gasteiger partial charge in [-0.1, -0.05) is 29.8 Å². The second-order valence-electron chi connectivity index (χ2n) is 6.32. The van der Waals surface area contributed by atoms with Crippen molar-refractivity contribution in [1.29, 1.82) is 0 Å². The lowest BCUT2D eigenvalue weighted by Gasteiger charge is -2.09. The lowest BCUT2D eigenvalue weighted by Crippen LogP contribution is -2.15. The fourth-order valence-electron chi connectivity index (χ4n) is 2.61. The van der Waals surface area contributed by atoms with Crippen molar-refractivity contribution in [3.05, 3.63) is 77.6 Å². The molecule has 3 N–H and O–H groups in total. The highest BCUT2D eigenvalue weighted by atomic mass is 16.2. The molecule has 0 saturated heterocycles. The predicted octanol–water partition coefficient (Wildman–Crippen LogP) is 3.61. The molecule has 2 amide bonds. The predicted molar refractivity (Wildman–Crippen MR) is 109 cm³/mol. The molecule has 7 nitrogen and oxygen atoms in total. The maximum Gasteiger partial charge on any atom is 0.274 e. The molecular formula is C21H21N5O2. The number of carbonyl (C=O) groups excluding carboxylic acids is 2. The van der Waals surface area contributed by atoms with E-state index in [1.54, 1.807) is 36.5 Å². The van der Waals surface area contributed by atoms with Crippen LogP contribution in [0.25, 0.3) is 0 Å². The van der Waals surface area contributed by atoms with E-state index in [-0.39, 0.29) is 17.5 Å². The van der Waals surface area contributed by atoms with Gasteiger partial charge in [-0.15, -0.1) is 0 Å². The third-order valence-corrected chi connectivity index (χ3v) is 3.88. The maximum atomic E-state index is 12.4. The van der Waals surface area contributed by atoms with Crippen molar-refractivity contribution in [2.75, 3.05) is 16.0 Å². The van der Waals surface area contributed by atoms with Crippen LogP contribution in [0.1, 0.15) is 28.5 Å². The van der Waals surface area contributed by atoms with Gasteiger partial charge in [0.05, 0.1) is 0 Å². The van der Waals surface area contributed by atoms with Crippen LogP contribution < -0.4 is 16.0 Å². The third kappa shape index (κ3) is 5.38. The molecule has 0 saturated carbocycles. The molecule has 0 aliphatic heterocycles. The summed E-state index contributed by atoms with van der Waals surface area (Å²) in [5, 5.41) is 8.58. The Morgan fingerprint density at radius 1 is 0.964 bits per heavy atom. The summed E-state index contributed by atoms with van der Waals surface area (Å²) in [5.41, 5.74) is 3.81. The van der Waals surface area contributed by atoms with E-state index in [0.717, 1.165) is 5.56 Å². The number of aryl methyl sites for hydroxylation is 1. The average Bonchev–Trinajstić information content (AvgIpc) is 2.68. The zero-order chi connectivity index (χ0) is 19.9. The summed E-state index contributed by atoms with van der Waals surface area (Å²) in [5.74, 6) is -0.105. The number of nitrogens with zero attached hydrogens (tertiary/aromatic N) is 2. The molecule has 2 aromatic carbocycles. The molecule has 7 heteroatoms. The number of rotatable bonds is 6. The normalized spacial score (nSPS) is 10.2. The number of aromatic nitrogens is 2. The van der Waals surface area contributed by atoms with Crippen LogP contribution in [0.3, 0.4) is 0 Å². The topological polar surface area (TPSA) is 96.0 Å². The second kappa shape index (κ2) is 8.77. The van der Waals surface area contributed by atoms with Crippen LogP contribution in [0.4, 0.5) is 17.3 Å². The Morgan fingerprint density at radius 3 is 2.36 bits per heavy atom. The van der Waals surface area contributed by atoms with Gasteiger partial charge in [-0.05, 0) is 42.8 Å². The van der Waals surface area contributed by atoms with E-state index in [1.807, 2.05) is 25.1 Å². The van der Waals surface area contributed by atoms with Crippen LogP contribution in [0, 0.1) is 6.92 Å². The van der Waals surface area contributed by atoms with E-state index in [4.69, 9.17) is 0 Å². The van der Waals surface area contributed by atoms with Crippen molar-refractivity contribution in [3.63, 3.8) is 0 Å². The van der Waals surface area contributed by atoms with Crippen LogP contribution in [-0.2, 0) is 11.3 Å². The zero-order valence-electron chi connectivity index (χ0n) is 15.7. The summed E-state index contributed by atoms with van der Waals surface area (Å²) in [6.07, 6.45) is 1.54. The Kier molecular flexibility index (Phi) is 5.96. The molecular weight excluding hydrogens is 354 g/mol. The standard InChI is InChI=1S/C21H21N5O2/c1-14-4-3-5-16(12-14)13-23-21-22-11-10-19(26-21)20(28)25-18-8-6-17(7-9-18)24-15(2)27/h3-12H,13H2,1-2H3,(H,24,27)(H,25,28)(H,22,23,26). The molecule has 3 rings (SSSR count). The van der Waals surface area contributed by atoms with Gasteiger partial charge in [-0.3, -0.25) is 9.59 Å². The first-order valence-corrected chi connectivity index (χ1v) is 8.81. The van der Waals surface area contributed by atoms with Crippen LogP contribution in [0.5, 0.6) is 0 Å². The molecule has 0 fully saturated rings. The highest BCUT2D eigenvalue weighted by Gasteiger charge is 2.09. The van der Waals surface area contributed by atoms with Crippen LogP contribution in [0.2, 0.25) is 0 Å². The smallest absolute Gasteiger partial charge is 0.274 e. The molecule has 0 unspecified atom stereocenters. The number of amides is 2. The first-order chi connectivity index (χ1) is 13.5. The first-order valence-electron chi connectivity index (χ1n) is 8.81. The number of hydrogen-bond donors (Lipinski definition) is 3. The van der Waals surface area contributed by atoms with Gasteiger partial charge in [-0.2, -0.15) is 0 Å². The summed E-state index contributed by atoms with van der Waals surface area (Å²) >= 11 is 0. The second-order valence-corrected chi connectivity index (χ2v) is 6.32. The van der Waals surface area contributed by atoms with Crippen molar-refractivity contribution in [3.8, 4) is 0 Å². The van der Waals surface area contributed by atoms with Gasteiger partial charge in [-0.25, -0.2) is 9.97 Å². The van der Waals surface area contributed by atoms with Gasteiger partial charge in [0, 0.05) is 31.0 Å². The molecule has 0 radical (unpaired) electrons. The monoisotopic (exact) mass is 375 g/mol. The van der Waals surface area contributed by atoms with Crippen LogP contribution in [0.15, 0.2) is 60.8 Å². The van der Waals surface area contributed by atoms with E-state index in [0.29, 0.717) is 23.9 Å². The number of nitrogens with one attached hydrogen (secondary N) is 3. The van der Waals surface area contributed by atoms with Crippen LogP contribution in [-0.4, -0.2) is 21.8 Å². The van der Waals surface area contributed by atoms with Gasteiger partial charge in [0.2, 0.25) is 11.9 Å². The number of carbonyl (C=O) groups is 2. The highest BCUT2D eigenvalue weighted by Crippen LogP contribution is 2.15. The van der Waals surface area contributed by atoms with E-state index in [2.05, 4.69) is 32.0 Å². The molecule has 1 heterocycles. The SMILES string of the molecule is CC(=O)Nc1ccc(NC(=O)c2ccnc(NCc3cccc(C)c3)n2)cc1. The highest BCUT2D eigenvalue weighted by molar-refractivity contribution is 6.03. The molecule has 1 aromatic heterocycles. The van der Waals surface area contributed by atoms with Crippen molar-refractivity contribution < 1.29 is 9.59 Å². The van der Waals surface area contributed by atoms with Crippen LogP contribution >= 0.6 is 0 Å². The van der Waals surface area contributed by atoms with Crippen molar-refractivity contribution >= 4 is 29.1 Å². The zero-order valence-corrected chi connectivity index (χ0v) is 15.7. The van der Waals surface area contributed by atoms with Crippen molar-refractivity contribution in [1.82, 2.24) is 9.97 Å². The minimum Gasteiger partial charge on any atom is -0.350 e. The average molecular weight is 375 g/mol. The van der Waals surface area contributed by atoms with E-state index >= 15 is 0 Å². The maximum absolute atomic E-state index is 12.4. The van der Waals surface area contributed by atoms with Gasteiger partial charge >= 0.3 is 0 Å². The van der Waals surface area contributed by atoms with E-state index < -0.39 is 0 Å². The third-order valence-electron chi connectivity index (χ3n) is 3.88. The first kappa shape index (κ1) is 19.0.